The molecule has 0 aliphatic carbocycles. The Bertz CT molecular complexity index is 925. The maximum atomic E-state index is 13.0. The van der Waals surface area contributed by atoms with E-state index in [4.69, 9.17) is 0 Å². The van der Waals surface area contributed by atoms with Gasteiger partial charge in [0.15, 0.2) is 0 Å². The first-order valence-corrected chi connectivity index (χ1v) is 7.88. The summed E-state index contributed by atoms with van der Waals surface area (Å²) in [4.78, 5) is 19.2. The number of anilines is 1. The highest BCUT2D eigenvalue weighted by Gasteiger charge is 2.32. The largest absolute Gasteiger partial charge is 0.335 e. The molecule has 4 rings (SSSR count). The number of rotatable bonds is 3. The van der Waals surface area contributed by atoms with Crippen LogP contribution in [0.1, 0.15) is 17.0 Å². The Morgan fingerprint density at radius 1 is 1.04 bits per heavy atom. The predicted molar refractivity (Wildman–Crippen MR) is 95.2 cm³/mol. The maximum absolute atomic E-state index is 13.0. The molecule has 1 aliphatic rings. The number of para-hydroxylation sites is 1. The summed E-state index contributed by atoms with van der Waals surface area (Å²) in [5, 5.41) is 0. The zero-order valence-electron chi connectivity index (χ0n) is 13.4. The minimum absolute atomic E-state index is 0.0167. The minimum atomic E-state index is 0.0167. The normalized spacial score (nSPS) is 15.1. The SMILES string of the molecule is Cn1ccnc1C=C1C(=O)N(Cc2ccccc2)c2ccccc21. The van der Waals surface area contributed by atoms with Crippen LogP contribution in [0.15, 0.2) is 67.0 Å². The number of carbonyl (C=O) groups is 1. The maximum Gasteiger partial charge on any atom is 0.259 e. The Morgan fingerprint density at radius 2 is 1.79 bits per heavy atom. The Labute approximate surface area is 140 Å². The number of aromatic nitrogens is 2. The first-order valence-electron chi connectivity index (χ1n) is 7.88. The molecule has 2 aromatic carbocycles. The highest BCUT2D eigenvalue weighted by atomic mass is 16.2. The van der Waals surface area contributed by atoms with Crippen molar-refractivity contribution in [2.24, 2.45) is 7.05 Å². The van der Waals surface area contributed by atoms with E-state index in [9.17, 15) is 4.79 Å². The van der Waals surface area contributed by atoms with E-state index in [1.807, 2.05) is 83.4 Å². The van der Waals surface area contributed by atoms with Crippen molar-refractivity contribution in [1.82, 2.24) is 9.55 Å². The van der Waals surface area contributed by atoms with Crippen molar-refractivity contribution in [2.75, 3.05) is 4.90 Å². The lowest BCUT2D eigenvalue weighted by Gasteiger charge is -2.17. The van der Waals surface area contributed by atoms with E-state index in [0.29, 0.717) is 12.1 Å². The molecule has 1 aliphatic heterocycles. The molecule has 1 aromatic heterocycles. The number of aryl methyl sites for hydroxylation is 1. The number of nitrogens with zero attached hydrogens (tertiary/aromatic N) is 3. The average molecular weight is 315 g/mol. The van der Waals surface area contributed by atoms with E-state index in [1.165, 1.54) is 0 Å². The molecular weight excluding hydrogens is 298 g/mol. The molecule has 3 aromatic rings. The van der Waals surface area contributed by atoms with Crippen molar-refractivity contribution in [2.45, 2.75) is 6.54 Å². The summed E-state index contributed by atoms with van der Waals surface area (Å²) in [6.45, 7) is 0.564. The van der Waals surface area contributed by atoms with Gasteiger partial charge in [-0.2, -0.15) is 0 Å². The van der Waals surface area contributed by atoms with Gasteiger partial charge >= 0.3 is 0 Å². The molecule has 0 bridgehead atoms. The van der Waals surface area contributed by atoms with Gasteiger partial charge in [0.25, 0.3) is 5.91 Å². The van der Waals surface area contributed by atoms with Crippen LogP contribution in [0.3, 0.4) is 0 Å². The smallest absolute Gasteiger partial charge is 0.259 e. The quantitative estimate of drug-likeness (QED) is 0.694. The fraction of sp³-hybridized carbons (Fsp3) is 0.100. The van der Waals surface area contributed by atoms with Gasteiger partial charge in [0.05, 0.1) is 17.8 Å². The molecular formula is C20H17N3O. The molecule has 4 heteroatoms. The standard InChI is InChI=1S/C20H17N3O/c1-22-12-11-21-19(22)13-17-16-9-5-6-10-18(16)23(20(17)24)14-15-7-3-2-4-8-15/h2-13H,14H2,1H3. The van der Waals surface area contributed by atoms with Gasteiger partial charge in [0.2, 0.25) is 0 Å². The minimum Gasteiger partial charge on any atom is -0.335 e. The molecule has 0 N–H and O–H groups in total. The van der Waals surface area contributed by atoms with E-state index < -0.39 is 0 Å². The van der Waals surface area contributed by atoms with E-state index in [1.54, 1.807) is 6.20 Å². The Hall–Kier alpha value is -3.14. The predicted octanol–water partition coefficient (Wildman–Crippen LogP) is 3.51. The number of amides is 1. The molecule has 0 fully saturated rings. The van der Waals surface area contributed by atoms with Crippen LogP contribution in [0.25, 0.3) is 11.6 Å². The highest BCUT2D eigenvalue weighted by molar-refractivity contribution is 6.35. The lowest BCUT2D eigenvalue weighted by atomic mass is 10.1. The summed E-state index contributed by atoms with van der Waals surface area (Å²) in [5.74, 6) is 0.790. The summed E-state index contributed by atoms with van der Waals surface area (Å²) < 4.78 is 1.91. The number of benzene rings is 2. The molecule has 0 saturated heterocycles. The van der Waals surface area contributed by atoms with Crippen LogP contribution in [-0.2, 0) is 18.4 Å². The lowest BCUT2D eigenvalue weighted by Crippen LogP contribution is -2.25. The molecule has 0 atom stereocenters. The van der Waals surface area contributed by atoms with Crippen LogP contribution >= 0.6 is 0 Å². The number of imidazole rings is 1. The van der Waals surface area contributed by atoms with E-state index in [2.05, 4.69) is 4.98 Å². The van der Waals surface area contributed by atoms with Crippen LogP contribution in [0.5, 0.6) is 0 Å². The molecule has 1 amide bonds. The second kappa shape index (κ2) is 5.81. The molecule has 0 spiro atoms. The van der Waals surface area contributed by atoms with E-state index in [0.717, 1.165) is 22.6 Å². The first-order chi connectivity index (χ1) is 11.7. The fourth-order valence-electron chi connectivity index (χ4n) is 3.01. The highest BCUT2D eigenvalue weighted by Crippen LogP contribution is 2.38. The monoisotopic (exact) mass is 315 g/mol. The third kappa shape index (κ3) is 2.42. The van der Waals surface area contributed by atoms with Crippen LogP contribution in [0.2, 0.25) is 0 Å². The van der Waals surface area contributed by atoms with Gasteiger partial charge in [-0.05, 0) is 17.7 Å². The van der Waals surface area contributed by atoms with Crippen molar-refractivity contribution in [3.05, 3.63) is 83.9 Å². The van der Waals surface area contributed by atoms with Crippen molar-refractivity contribution in [3.63, 3.8) is 0 Å². The van der Waals surface area contributed by atoms with Gasteiger partial charge in [0.1, 0.15) is 5.82 Å². The zero-order chi connectivity index (χ0) is 16.5. The fourth-order valence-corrected chi connectivity index (χ4v) is 3.01. The third-order valence-electron chi connectivity index (χ3n) is 4.28. The molecule has 0 unspecified atom stereocenters. The third-order valence-corrected chi connectivity index (χ3v) is 4.28. The second-order valence-corrected chi connectivity index (χ2v) is 5.85. The summed E-state index contributed by atoms with van der Waals surface area (Å²) in [5.41, 5.74) is 3.71. The summed E-state index contributed by atoms with van der Waals surface area (Å²) in [6.07, 6.45) is 5.48. The molecule has 0 radical (unpaired) electrons. The summed E-state index contributed by atoms with van der Waals surface area (Å²) in [7, 11) is 1.92. The lowest BCUT2D eigenvalue weighted by molar-refractivity contribution is -0.113. The van der Waals surface area contributed by atoms with Crippen molar-refractivity contribution in [3.8, 4) is 0 Å². The van der Waals surface area contributed by atoms with Crippen molar-refractivity contribution < 1.29 is 4.79 Å². The molecule has 24 heavy (non-hydrogen) atoms. The van der Waals surface area contributed by atoms with Gasteiger partial charge in [-0.1, -0.05) is 48.5 Å². The van der Waals surface area contributed by atoms with E-state index >= 15 is 0 Å². The second-order valence-electron chi connectivity index (χ2n) is 5.85. The summed E-state index contributed by atoms with van der Waals surface area (Å²) in [6, 6.07) is 18.0. The van der Waals surface area contributed by atoms with Crippen LogP contribution in [0.4, 0.5) is 5.69 Å². The Balaban J connectivity index is 1.77. The molecule has 4 nitrogen and oxygen atoms in total. The van der Waals surface area contributed by atoms with Gasteiger partial charge in [-0.15, -0.1) is 0 Å². The van der Waals surface area contributed by atoms with Crippen LogP contribution < -0.4 is 4.90 Å². The van der Waals surface area contributed by atoms with Gasteiger partial charge in [0, 0.05) is 25.0 Å². The number of hydrogen-bond acceptors (Lipinski definition) is 2. The number of carbonyl (C=O) groups excluding carboxylic acids is 1. The van der Waals surface area contributed by atoms with Crippen molar-refractivity contribution >= 4 is 23.2 Å². The number of fused-ring (bicyclic) bond motifs is 1. The van der Waals surface area contributed by atoms with Crippen LogP contribution in [-0.4, -0.2) is 15.5 Å². The zero-order valence-corrected chi connectivity index (χ0v) is 13.4. The summed E-state index contributed by atoms with van der Waals surface area (Å²) >= 11 is 0. The average Bonchev–Trinajstić information content (AvgIpc) is 3.13. The molecule has 118 valence electrons. The first kappa shape index (κ1) is 14.5. The van der Waals surface area contributed by atoms with Crippen molar-refractivity contribution in [1.29, 1.82) is 0 Å². The van der Waals surface area contributed by atoms with E-state index in [-0.39, 0.29) is 5.91 Å². The van der Waals surface area contributed by atoms with Crippen LogP contribution in [0, 0.1) is 0 Å². The van der Waals surface area contributed by atoms with Gasteiger partial charge in [-0.3, -0.25) is 4.79 Å². The molecule has 2 heterocycles. The topological polar surface area (TPSA) is 38.1 Å². The van der Waals surface area contributed by atoms with Gasteiger partial charge in [-0.25, -0.2) is 4.98 Å². The Kier molecular flexibility index (Phi) is 3.50. The Morgan fingerprint density at radius 3 is 2.54 bits per heavy atom. The van der Waals surface area contributed by atoms with Gasteiger partial charge < -0.3 is 9.47 Å². The molecule has 0 saturated carbocycles. The number of hydrogen-bond donors (Lipinski definition) is 0.